The summed E-state index contributed by atoms with van der Waals surface area (Å²) in [4.78, 5) is 11.1. The van der Waals surface area contributed by atoms with Crippen LogP contribution in [0, 0.1) is 5.82 Å². The lowest BCUT2D eigenvalue weighted by Crippen LogP contribution is -2.17. The molecule has 0 radical (unpaired) electrons. The molecule has 0 unspecified atom stereocenters. The summed E-state index contributed by atoms with van der Waals surface area (Å²) in [5.74, 6) is 0.482. The van der Waals surface area contributed by atoms with E-state index in [4.69, 9.17) is 0 Å². The van der Waals surface area contributed by atoms with Gasteiger partial charge < -0.3 is 15.5 Å². The quantitative estimate of drug-likeness (QED) is 0.273. The van der Waals surface area contributed by atoms with Crippen LogP contribution in [0.2, 0.25) is 0 Å². The summed E-state index contributed by atoms with van der Waals surface area (Å²) in [5.41, 5.74) is 5.85. The topological polar surface area (TPSA) is 114 Å². The smallest absolute Gasteiger partial charge is 0.142 e. The third kappa shape index (κ3) is 4.15. The van der Waals surface area contributed by atoms with Crippen molar-refractivity contribution in [2.24, 2.45) is 0 Å². The monoisotopic (exact) mass is 541 g/mol. The van der Waals surface area contributed by atoms with E-state index in [0.29, 0.717) is 6.54 Å². The Labute approximate surface area is 226 Å². The van der Waals surface area contributed by atoms with E-state index in [2.05, 4.69) is 25.5 Å². The van der Waals surface area contributed by atoms with Crippen molar-refractivity contribution in [2.75, 3.05) is 18.5 Å². The molecule has 0 bridgehead atoms. The van der Waals surface area contributed by atoms with Gasteiger partial charge in [-0.25, -0.2) is 14.4 Å². The van der Waals surface area contributed by atoms with Gasteiger partial charge in [0.1, 0.15) is 22.8 Å². The van der Waals surface area contributed by atoms with Gasteiger partial charge in [0.05, 0.1) is 48.6 Å². The first-order chi connectivity index (χ1) is 19.1. The van der Waals surface area contributed by atoms with Gasteiger partial charge in [-0.3, -0.25) is 9.36 Å². The molecule has 196 valence electrons. The molecule has 4 aromatic heterocycles. The molecule has 3 N–H and O–H groups in total. The lowest BCUT2D eigenvalue weighted by atomic mass is 9.95. The minimum absolute atomic E-state index is 0.177. The third-order valence-corrected chi connectivity index (χ3v) is 8.35. The molecule has 7 rings (SSSR count). The van der Waals surface area contributed by atoms with Gasteiger partial charge in [-0.15, -0.1) is 11.3 Å². The van der Waals surface area contributed by atoms with E-state index >= 15 is 0 Å². The molecule has 0 saturated heterocycles. The van der Waals surface area contributed by atoms with E-state index < -0.39 is 6.04 Å². The lowest BCUT2D eigenvalue weighted by molar-refractivity contribution is 0.146. The van der Waals surface area contributed by atoms with Crippen LogP contribution in [-0.4, -0.2) is 53.0 Å². The molecule has 6 aromatic rings. The molecule has 4 heterocycles. The maximum atomic E-state index is 13.6. The number of aliphatic hydroxyl groups excluding tert-OH is 2. The molecule has 1 aliphatic carbocycles. The predicted molar refractivity (Wildman–Crippen MR) is 148 cm³/mol. The summed E-state index contributed by atoms with van der Waals surface area (Å²) >= 11 is 1.61. The first kappa shape index (κ1) is 23.9. The molecule has 11 heteroatoms. The molecule has 9 nitrogen and oxygen atoms in total. The highest BCUT2D eigenvalue weighted by Crippen LogP contribution is 2.45. The van der Waals surface area contributed by atoms with Crippen LogP contribution in [0.1, 0.15) is 22.9 Å². The number of benzene rings is 2. The van der Waals surface area contributed by atoms with Crippen molar-refractivity contribution in [3.8, 4) is 10.4 Å². The Morgan fingerprint density at radius 1 is 1.08 bits per heavy atom. The highest BCUT2D eigenvalue weighted by atomic mass is 32.1. The average molecular weight is 542 g/mol. The number of aryl methyl sites for hydroxylation is 2. The van der Waals surface area contributed by atoms with Crippen LogP contribution in [0.5, 0.6) is 0 Å². The Morgan fingerprint density at radius 2 is 1.97 bits per heavy atom. The first-order valence-corrected chi connectivity index (χ1v) is 13.5. The number of thiophene rings is 1. The summed E-state index contributed by atoms with van der Waals surface area (Å²) in [5, 5.41) is 33.8. The summed E-state index contributed by atoms with van der Waals surface area (Å²) in [6.07, 6.45) is 6.86. The van der Waals surface area contributed by atoms with Crippen molar-refractivity contribution in [2.45, 2.75) is 25.4 Å². The number of nitrogens with zero attached hydrogens (tertiary/aromatic N) is 6. The second kappa shape index (κ2) is 9.53. The van der Waals surface area contributed by atoms with Crippen LogP contribution in [0.15, 0.2) is 61.2 Å². The maximum absolute atomic E-state index is 13.6. The number of aliphatic hydroxyl groups is 2. The second-order valence-corrected chi connectivity index (χ2v) is 10.6. The number of halogens is 1. The van der Waals surface area contributed by atoms with Crippen LogP contribution < -0.4 is 5.32 Å². The normalized spacial score (nSPS) is 12.8. The summed E-state index contributed by atoms with van der Waals surface area (Å²) in [7, 11) is 0. The maximum Gasteiger partial charge on any atom is 0.142 e. The Balaban J connectivity index is 1.21. The van der Waals surface area contributed by atoms with Crippen LogP contribution in [0.3, 0.4) is 0 Å². The standard InChI is InChI=1S/C28H24FN7O2S/c29-18-3-1-2-16(8-18)11-36-24-7-4-19(9-17(24)10-32-36)33-27-25-21-5-6-23-22(12-35(34-23)20(13-37)14-38)26(21)39-28(25)31-15-30-27/h1-4,7-10,12,15,20,37-38H,5-6,11,13-14H2,(H,30,31,33). The molecule has 0 spiro atoms. The molecule has 1 aliphatic rings. The second-order valence-electron chi connectivity index (χ2n) is 9.63. The third-order valence-electron chi connectivity index (χ3n) is 7.17. The van der Waals surface area contributed by atoms with Crippen LogP contribution in [0.4, 0.5) is 15.9 Å². The minimum atomic E-state index is -0.460. The highest BCUT2D eigenvalue weighted by Gasteiger charge is 2.27. The Kier molecular flexibility index (Phi) is 5.84. The van der Waals surface area contributed by atoms with Gasteiger partial charge in [0.25, 0.3) is 0 Å². The summed E-state index contributed by atoms with van der Waals surface area (Å²) in [6, 6.07) is 12.1. The number of hydrogen-bond acceptors (Lipinski definition) is 8. The van der Waals surface area contributed by atoms with Gasteiger partial charge in [-0.05, 0) is 54.3 Å². The van der Waals surface area contributed by atoms with Crippen molar-refractivity contribution >= 4 is 44.0 Å². The Hall–Kier alpha value is -4.19. The fourth-order valence-corrected chi connectivity index (χ4v) is 6.46. The molecule has 2 aromatic carbocycles. The summed E-state index contributed by atoms with van der Waals surface area (Å²) in [6.45, 7) is 0.130. The molecule has 0 fully saturated rings. The van der Waals surface area contributed by atoms with Crippen LogP contribution in [0.25, 0.3) is 31.6 Å². The number of hydrogen-bond donors (Lipinski definition) is 3. The molecule has 0 amide bonds. The number of nitrogens with one attached hydrogen (secondary N) is 1. The van der Waals surface area contributed by atoms with E-state index in [-0.39, 0.29) is 19.0 Å². The molecular formula is C28H24FN7O2S. The van der Waals surface area contributed by atoms with Crippen molar-refractivity contribution in [1.29, 1.82) is 0 Å². The molecule has 39 heavy (non-hydrogen) atoms. The van der Waals surface area contributed by atoms with Gasteiger partial charge in [0.2, 0.25) is 0 Å². The van der Waals surface area contributed by atoms with Crippen molar-refractivity contribution in [3.63, 3.8) is 0 Å². The fourth-order valence-electron chi connectivity index (χ4n) is 5.24. The lowest BCUT2D eigenvalue weighted by Gasteiger charge is -2.12. The predicted octanol–water partition coefficient (Wildman–Crippen LogP) is 4.46. The van der Waals surface area contributed by atoms with Crippen LogP contribution >= 0.6 is 11.3 Å². The van der Waals surface area contributed by atoms with Gasteiger partial charge in [-0.1, -0.05) is 12.1 Å². The van der Waals surface area contributed by atoms with E-state index in [1.165, 1.54) is 17.7 Å². The van der Waals surface area contributed by atoms with Crippen molar-refractivity contribution < 1.29 is 14.6 Å². The molecule has 0 aliphatic heterocycles. The number of aromatic nitrogens is 6. The minimum Gasteiger partial charge on any atom is -0.394 e. The van der Waals surface area contributed by atoms with Gasteiger partial charge in [0, 0.05) is 27.7 Å². The largest absolute Gasteiger partial charge is 0.394 e. The average Bonchev–Trinajstić information content (AvgIpc) is 3.65. The number of rotatable bonds is 7. The van der Waals surface area contributed by atoms with E-state index in [1.807, 2.05) is 41.3 Å². The number of fused-ring (bicyclic) bond motifs is 6. The molecule has 0 saturated carbocycles. The molecule has 0 atom stereocenters. The van der Waals surface area contributed by atoms with Gasteiger partial charge in [-0.2, -0.15) is 10.2 Å². The van der Waals surface area contributed by atoms with E-state index in [1.54, 1.807) is 28.4 Å². The van der Waals surface area contributed by atoms with E-state index in [0.717, 1.165) is 67.2 Å². The zero-order valence-corrected chi connectivity index (χ0v) is 21.6. The van der Waals surface area contributed by atoms with Gasteiger partial charge >= 0.3 is 0 Å². The van der Waals surface area contributed by atoms with Crippen molar-refractivity contribution in [3.05, 3.63) is 83.8 Å². The zero-order valence-electron chi connectivity index (χ0n) is 20.8. The first-order valence-electron chi connectivity index (χ1n) is 12.6. The molecular weight excluding hydrogens is 517 g/mol. The fraction of sp³-hybridized carbons (Fsp3) is 0.214. The highest BCUT2D eigenvalue weighted by molar-refractivity contribution is 7.22. The zero-order chi connectivity index (χ0) is 26.5. The van der Waals surface area contributed by atoms with Gasteiger partial charge in [0.15, 0.2) is 0 Å². The Morgan fingerprint density at radius 3 is 2.82 bits per heavy atom. The SMILES string of the molecule is OCC(CO)n1cc2c(n1)CCc1c-2sc2ncnc(Nc3ccc4c(cnn4Cc4cccc(F)c4)c3)c12. The summed E-state index contributed by atoms with van der Waals surface area (Å²) < 4.78 is 17.2. The van der Waals surface area contributed by atoms with Crippen LogP contribution in [-0.2, 0) is 19.4 Å². The Bertz CT molecular complexity index is 1840. The van der Waals surface area contributed by atoms with E-state index in [9.17, 15) is 14.6 Å². The number of anilines is 2. The van der Waals surface area contributed by atoms with Crippen molar-refractivity contribution in [1.82, 2.24) is 29.5 Å².